The first-order valence-electron chi connectivity index (χ1n) is 20.6. The highest BCUT2D eigenvalue weighted by Crippen LogP contribution is 2.56. The van der Waals surface area contributed by atoms with Gasteiger partial charge < -0.3 is 15.1 Å². The molecule has 2 aromatic carbocycles. The van der Waals surface area contributed by atoms with E-state index in [1.807, 2.05) is 34.9 Å². The van der Waals surface area contributed by atoms with Crippen LogP contribution in [0.15, 0.2) is 70.5 Å². The monoisotopic (exact) mass is 805 g/mol. The molecule has 4 aliphatic heterocycles. The number of aromatic nitrogens is 3. The number of anilines is 2. The van der Waals surface area contributed by atoms with Crippen molar-refractivity contribution in [2.24, 2.45) is 11.8 Å². The van der Waals surface area contributed by atoms with Gasteiger partial charge in [0.05, 0.1) is 4.90 Å². The van der Waals surface area contributed by atoms with Crippen molar-refractivity contribution in [1.82, 2.24) is 34.0 Å². The number of fused-ring (bicyclic) bond motifs is 3. The van der Waals surface area contributed by atoms with Crippen molar-refractivity contribution in [3.8, 4) is 0 Å². The number of amides is 3. The van der Waals surface area contributed by atoms with Gasteiger partial charge in [-0.25, -0.2) is 13.4 Å². The molecule has 3 amide bonds. The van der Waals surface area contributed by atoms with Gasteiger partial charge in [0.1, 0.15) is 11.7 Å². The molecule has 0 radical (unpaired) electrons. The highest BCUT2D eigenvalue weighted by atomic mass is 32.2. The fourth-order valence-corrected chi connectivity index (χ4v) is 11.5. The Morgan fingerprint density at radius 3 is 2.41 bits per heavy atom. The van der Waals surface area contributed by atoms with E-state index < -0.39 is 22.0 Å². The van der Waals surface area contributed by atoms with Gasteiger partial charge in [0.15, 0.2) is 0 Å². The number of piperidine rings is 2. The lowest BCUT2D eigenvalue weighted by Crippen LogP contribution is -2.52. The maximum atomic E-state index is 13.9. The first-order valence-corrected chi connectivity index (χ1v) is 22.0. The molecule has 302 valence electrons. The van der Waals surface area contributed by atoms with Crippen LogP contribution in [0.2, 0.25) is 0 Å². The van der Waals surface area contributed by atoms with Gasteiger partial charge in [0, 0.05) is 99.8 Å². The van der Waals surface area contributed by atoms with Crippen LogP contribution in [0.4, 0.5) is 11.6 Å². The summed E-state index contributed by atoms with van der Waals surface area (Å²) in [6.45, 7) is 4.85. The molecule has 4 aromatic rings. The first kappa shape index (κ1) is 37.1. The number of sulfonamides is 1. The van der Waals surface area contributed by atoms with Crippen LogP contribution >= 0.6 is 0 Å². The lowest BCUT2D eigenvalue weighted by atomic mass is 10.0. The molecule has 15 nitrogen and oxygen atoms in total. The second-order valence-electron chi connectivity index (χ2n) is 16.9. The van der Waals surface area contributed by atoms with E-state index in [9.17, 15) is 27.6 Å². The van der Waals surface area contributed by atoms with Crippen molar-refractivity contribution < 1.29 is 22.8 Å². The average Bonchev–Trinajstić information content (AvgIpc) is 3.70. The Bertz CT molecular complexity index is 2480. The molecular formula is C42H47N9O6S. The molecule has 0 spiro atoms. The lowest BCUT2D eigenvalue weighted by Gasteiger charge is -2.36. The van der Waals surface area contributed by atoms with E-state index in [-0.39, 0.29) is 35.9 Å². The van der Waals surface area contributed by atoms with Crippen LogP contribution in [0.1, 0.15) is 72.5 Å². The third kappa shape index (κ3) is 6.94. The van der Waals surface area contributed by atoms with Gasteiger partial charge >= 0.3 is 0 Å². The molecular weight excluding hydrogens is 759 g/mol. The number of hydrogen-bond acceptors (Lipinski definition) is 11. The second kappa shape index (κ2) is 14.6. The number of pyridine rings is 1. The molecule has 2 saturated carbocycles. The van der Waals surface area contributed by atoms with Gasteiger partial charge in [-0.15, -0.1) is 0 Å². The van der Waals surface area contributed by atoms with Crippen LogP contribution in [0.5, 0.6) is 0 Å². The number of hydrogen-bond donors (Lipinski definition) is 2. The summed E-state index contributed by atoms with van der Waals surface area (Å²) in [5.41, 5.74) is 4.09. The smallest absolute Gasteiger partial charge is 0.255 e. The van der Waals surface area contributed by atoms with Crippen molar-refractivity contribution in [2.75, 3.05) is 49.5 Å². The Morgan fingerprint density at radius 1 is 0.845 bits per heavy atom. The lowest BCUT2D eigenvalue weighted by molar-refractivity contribution is -0.136. The summed E-state index contributed by atoms with van der Waals surface area (Å²) in [5.74, 6) is 1.05. The Morgan fingerprint density at radius 2 is 1.64 bits per heavy atom. The van der Waals surface area contributed by atoms with Crippen molar-refractivity contribution in [3.63, 3.8) is 0 Å². The minimum atomic E-state index is -3.70. The number of nitrogens with one attached hydrogen (secondary N) is 2. The summed E-state index contributed by atoms with van der Waals surface area (Å²) in [4.78, 5) is 66.0. The molecule has 3 unspecified atom stereocenters. The molecule has 3 saturated heterocycles. The number of carbonyl (C=O) groups excluding carboxylic acids is 3. The molecule has 6 heterocycles. The SMILES string of the molecule is O=C1CCC(N2Cc3cc(N4CCN(Cc5cccc(S(=O)(=O)N6CCC(Nc7ncc8ccc(=O)n(C9CC%10CC%10C9)c8n7)CC6)c5)CC4)ccc3C2=O)C(=O)N1. The second-order valence-corrected chi connectivity index (χ2v) is 18.8. The molecule has 10 rings (SSSR count). The molecule has 6 aliphatic rings. The summed E-state index contributed by atoms with van der Waals surface area (Å²) in [7, 11) is -3.70. The van der Waals surface area contributed by atoms with E-state index in [2.05, 4.69) is 25.4 Å². The number of benzene rings is 2. The normalized spacial score (nSPS) is 25.6. The predicted molar refractivity (Wildman–Crippen MR) is 215 cm³/mol. The summed E-state index contributed by atoms with van der Waals surface area (Å²) >= 11 is 0. The molecule has 2 N–H and O–H groups in total. The van der Waals surface area contributed by atoms with Crippen LogP contribution < -0.4 is 21.1 Å². The van der Waals surface area contributed by atoms with E-state index in [1.54, 1.807) is 39.7 Å². The van der Waals surface area contributed by atoms with Crippen molar-refractivity contribution in [1.29, 1.82) is 0 Å². The summed E-state index contributed by atoms with van der Waals surface area (Å²) in [6, 6.07) is 16.1. The van der Waals surface area contributed by atoms with Gasteiger partial charge in [0.2, 0.25) is 27.8 Å². The van der Waals surface area contributed by atoms with Gasteiger partial charge in [0.25, 0.3) is 11.5 Å². The minimum absolute atomic E-state index is 0.00346. The zero-order valence-corrected chi connectivity index (χ0v) is 33.1. The van der Waals surface area contributed by atoms with Crippen molar-refractivity contribution in [2.45, 2.75) is 81.1 Å². The molecule has 2 aromatic heterocycles. The largest absolute Gasteiger partial charge is 0.369 e. The number of piperazine rings is 1. The fourth-order valence-electron chi connectivity index (χ4n) is 9.91. The van der Waals surface area contributed by atoms with Crippen LogP contribution in [0, 0.1) is 11.8 Å². The minimum Gasteiger partial charge on any atom is -0.369 e. The van der Waals surface area contributed by atoms with Gasteiger partial charge in [-0.2, -0.15) is 9.29 Å². The maximum absolute atomic E-state index is 13.9. The number of carbonyl (C=O) groups is 3. The van der Waals surface area contributed by atoms with Crippen molar-refractivity contribution in [3.05, 3.63) is 87.8 Å². The fraction of sp³-hybridized carbons (Fsp3) is 0.476. The maximum Gasteiger partial charge on any atom is 0.255 e. The summed E-state index contributed by atoms with van der Waals surface area (Å²) in [5, 5.41) is 6.63. The molecule has 2 aliphatic carbocycles. The summed E-state index contributed by atoms with van der Waals surface area (Å²) < 4.78 is 31.2. The Kier molecular flexibility index (Phi) is 9.32. The Balaban J connectivity index is 0.732. The topological polar surface area (TPSA) is 170 Å². The van der Waals surface area contributed by atoms with E-state index in [4.69, 9.17) is 4.98 Å². The third-order valence-corrected chi connectivity index (χ3v) is 15.1. The average molecular weight is 806 g/mol. The predicted octanol–water partition coefficient (Wildman–Crippen LogP) is 3.11. The first-order chi connectivity index (χ1) is 28.1. The van der Waals surface area contributed by atoms with E-state index in [0.717, 1.165) is 73.1 Å². The highest BCUT2D eigenvalue weighted by molar-refractivity contribution is 7.89. The van der Waals surface area contributed by atoms with Gasteiger partial charge in [-0.3, -0.25) is 34.0 Å². The van der Waals surface area contributed by atoms with E-state index in [0.29, 0.717) is 67.5 Å². The zero-order valence-electron chi connectivity index (χ0n) is 32.3. The number of imide groups is 1. The highest BCUT2D eigenvalue weighted by Gasteiger charge is 2.47. The van der Waals surface area contributed by atoms with Gasteiger partial charge in [-0.1, -0.05) is 12.1 Å². The molecule has 16 heteroatoms. The van der Waals surface area contributed by atoms with E-state index >= 15 is 0 Å². The van der Waals surface area contributed by atoms with E-state index in [1.165, 1.54) is 6.42 Å². The summed E-state index contributed by atoms with van der Waals surface area (Å²) in [6.07, 6.45) is 6.88. The molecule has 0 bridgehead atoms. The zero-order chi connectivity index (χ0) is 39.7. The third-order valence-electron chi connectivity index (χ3n) is 13.2. The quantitative estimate of drug-likeness (QED) is 0.239. The Labute approximate surface area is 336 Å². The van der Waals surface area contributed by atoms with Crippen LogP contribution in [-0.2, 0) is 32.7 Å². The van der Waals surface area contributed by atoms with Crippen molar-refractivity contribution >= 4 is 50.4 Å². The van der Waals surface area contributed by atoms with Crippen LogP contribution in [0.25, 0.3) is 11.0 Å². The number of rotatable bonds is 9. The molecule has 58 heavy (non-hydrogen) atoms. The van der Waals surface area contributed by atoms with Crippen LogP contribution in [-0.4, -0.2) is 106 Å². The standard InChI is InChI=1S/C42H47N9O6S/c52-37-8-7-36(40(54)45-37)50-25-30-22-32(5-6-35(30)41(50)55)48-16-14-47(15-17-48)24-26-2-1-3-34(18-26)58(56,57)49-12-10-31(11-13-49)44-42-43-23-27-4-9-38(53)51(39(27)46-42)33-20-28-19-29(28)21-33/h1-6,9,18,22-23,28-29,31,33,36H,7-8,10-17,19-21,24-25H2,(H,43,44,46)(H,45,52,54). The van der Waals surface area contributed by atoms with Gasteiger partial charge in [-0.05, 0) is 97.9 Å². The van der Waals surface area contributed by atoms with Crippen LogP contribution in [0.3, 0.4) is 0 Å². The molecule has 3 atom stereocenters. The molecule has 5 fully saturated rings. The Hall–Kier alpha value is -5.19. The number of nitrogens with zero attached hydrogens (tertiary/aromatic N) is 7.